The number of H-pyrrole nitrogens is 1. The molecule has 3 aliphatic heterocycles. The first kappa shape index (κ1) is 23.7. The maximum absolute atomic E-state index is 13.8. The van der Waals surface area contributed by atoms with Gasteiger partial charge in [-0.3, -0.25) is 19.7 Å². The van der Waals surface area contributed by atoms with Gasteiger partial charge in [-0.1, -0.05) is 24.3 Å². The second-order valence-electron chi connectivity index (χ2n) is 11.0. The van der Waals surface area contributed by atoms with Crippen molar-refractivity contribution in [3.63, 3.8) is 0 Å². The Balaban J connectivity index is 1.19. The molecule has 4 aromatic rings. The summed E-state index contributed by atoms with van der Waals surface area (Å²) in [5.74, 6) is -0.106. The summed E-state index contributed by atoms with van der Waals surface area (Å²) >= 11 is 0. The van der Waals surface area contributed by atoms with E-state index >= 15 is 0 Å². The van der Waals surface area contributed by atoms with Crippen molar-refractivity contribution in [2.45, 2.75) is 37.8 Å². The Morgan fingerprint density at radius 2 is 1.97 bits per heavy atom. The molecular formula is C30H29N5O4. The third-order valence-corrected chi connectivity index (χ3v) is 8.91. The van der Waals surface area contributed by atoms with E-state index in [4.69, 9.17) is 0 Å². The van der Waals surface area contributed by atoms with E-state index in [1.807, 2.05) is 47.2 Å². The maximum atomic E-state index is 13.8. The molecule has 0 unspecified atom stereocenters. The zero-order valence-corrected chi connectivity index (χ0v) is 21.4. The fourth-order valence-corrected chi connectivity index (χ4v) is 7.24. The van der Waals surface area contributed by atoms with Crippen molar-refractivity contribution in [3.05, 3.63) is 104 Å². The van der Waals surface area contributed by atoms with Crippen LogP contribution in [0.15, 0.2) is 71.7 Å². The largest absolute Gasteiger partial charge is 0.366 e. The van der Waals surface area contributed by atoms with Crippen LogP contribution in [-0.2, 0) is 24.2 Å². The topological polar surface area (TPSA) is 113 Å². The molecule has 1 fully saturated rings. The molecule has 198 valence electrons. The molecule has 39 heavy (non-hydrogen) atoms. The van der Waals surface area contributed by atoms with Crippen LogP contribution in [0.1, 0.15) is 29.2 Å². The van der Waals surface area contributed by atoms with Crippen molar-refractivity contribution in [2.75, 3.05) is 18.0 Å². The third kappa shape index (κ3) is 3.91. The van der Waals surface area contributed by atoms with Crippen LogP contribution >= 0.6 is 0 Å². The van der Waals surface area contributed by atoms with E-state index in [9.17, 15) is 19.7 Å². The highest BCUT2D eigenvalue weighted by Crippen LogP contribution is 2.47. The smallest absolute Gasteiger partial charge is 0.269 e. The summed E-state index contributed by atoms with van der Waals surface area (Å²) in [7, 11) is 0. The molecule has 0 spiro atoms. The average Bonchev–Trinajstić information content (AvgIpc) is 3.36. The van der Waals surface area contributed by atoms with Crippen molar-refractivity contribution in [1.82, 2.24) is 14.9 Å². The molecule has 5 heterocycles. The second kappa shape index (κ2) is 9.11. The number of aromatic nitrogens is 2. The van der Waals surface area contributed by atoms with E-state index in [-0.39, 0.29) is 45.9 Å². The number of hydrogen-bond acceptors (Lipinski definition) is 5. The standard InChI is InChI=1S/C30H29N5O4/c36-28-7-3-6-26-20-12-21(17-33(26)28)29-24(14-19-13-22(35(38)39)8-9-27(19)34(29)16-20)30(37)31-11-10-18-15-32-25-5-2-1-4-23(18)25/h1-9,13,15,20-21,24,29,32H,10-12,14,16-17H2,(H,31,37)/t20-,21-,24+,29-/m0/s1. The van der Waals surface area contributed by atoms with Gasteiger partial charge in [-0.15, -0.1) is 0 Å². The number of fused-ring (bicyclic) bond motifs is 9. The lowest BCUT2D eigenvalue weighted by atomic mass is 9.70. The molecule has 0 saturated carbocycles. The summed E-state index contributed by atoms with van der Waals surface area (Å²) in [6, 6.07) is 18.5. The summed E-state index contributed by atoms with van der Waals surface area (Å²) in [5.41, 5.74) is 5.11. The van der Waals surface area contributed by atoms with Crippen LogP contribution in [0.4, 0.5) is 11.4 Å². The Kier molecular flexibility index (Phi) is 5.54. The molecule has 9 heteroatoms. The molecule has 1 saturated heterocycles. The highest BCUT2D eigenvalue weighted by atomic mass is 16.6. The summed E-state index contributed by atoms with van der Waals surface area (Å²) < 4.78 is 1.88. The monoisotopic (exact) mass is 523 g/mol. The maximum Gasteiger partial charge on any atom is 0.269 e. The first-order valence-electron chi connectivity index (χ1n) is 13.5. The van der Waals surface area contributed by atoms with Crippen LogP contribution in [0.5, 0.6) is 0 Å². The van der Waals surface area contributed by atoms with E-state index in [0.29, 0.717) is 32.5 Å². The highest BCUT2D eigenvalue weighted by molar-refractivity contribution is 5.84. The van der Waals surface area contributed by atoms with E-state index < -0.39 is 0 Å². The van der Waals surface area contributed by atoms with E-state index in [1.165, 1.54) is 0 Å². The van der Waals surface area contributed by atoms with Gasteiger partial charge in [-0.05, 0) is 54.5 Å². The van der Waals surface area contributed by atoms with Crippen molar-refractivity contribution < 1.29 is 9.72 Å². The van der Waals surface area contributed by atoms with Crippen LogP contribution in [0, 0.1) is 22.0 Å². The number of carbonyl (C=O) groups excluding carboxylic acids is 1. The molecule has 3 aliphatic rings. The second-order valence-corrected chi connectivity index (χ2v) is 11.0. The normalized spacial score (nSPS) is 23.0. The lowest BCUT2D eigenvalue weighted by molar-refractivity contribution is -0.384. The Morgan fingerprint density at radius 3 is 2.85 bits per heavy atom. The number of non-ortho nitro benzene ring substituents is 1. The van der Waals surface area contributed by atoms with Crippen molar-refractivity contribution >= 4 is 28.2 Å². The Morgan fingerprint density at radius 1 is 1.10 bits per heavy atom. The van der Waals surface area contributed by atoms with Crippen molar-refractivity contribution in [3.8, 4) is 0 Å². The van der Waals surface area contributed by atoms with Gasteiger partial charge >= 0.3 is 0 Å². The van der Waals surface area contributed by atoms with Crippen molar-refractivity contribution in [2.24, 2.45) is 11.8 Å². The fraction of sp³-hybridized carbons (Fsp3) is 0.333. The van der Waals surface area contributed by atoms with Gasteiger partial charge in [-0.2, -0.15) is 0 Å². The predicted octanol–water partition coefficient (Wildman–Crippen LogP) is 3.76. The number of pyridine rings is 1. The van der Waals surface area contributed by atoms with Gasteiger partial charge in [0, 0.05) is 78.3 Å². The number of rotatable bonds is 5. The first-order chi connectivity index (χ1) is 19.0. The Labute approximate surface area is 224 Å². The van der Waals surface area contributed by atoms with Gasteiger partial charge in [-0.25, -0.2) is 0 Å². The van der Waals surface area contributed by atoms with Crippen LogP contribution < -0.4 is 15.8 Å². The van der Waals surface area contributed by atoms with Gasteiger partial charge < -0.3 is 19.8 Å². The number of nitrogens with one attached hydrogen (secondary N) is 2. The minimum absolute atomic E-state index is 0.00205. The summed E-state index contributed by atoms with van der Waals surface area (Å²) in [6.07, 6.45) is 4.06. The molecule has 2 bridgehead atoms. The number of amides is 1. The van der Waals surface area contributed by atoms with E-state index in [0.717, 1.165) is 39.8 Å². The summed E-state index contributed by atoms with van der Waals surface area (Å²) in [5, 5.41) is 15.9. The molecule has 2 aromatic heterocycles. The molecule has 2 N–H and O–H groups in total. The molecule has 1 amide bonds. The molecule has 7 rings (SSSR count). The van der Waals surface area contributed by atoms with Gasteiger partial charge in [0.1, 0.15) is 0 Å². The van der Waals surface area contributed by atoms with Crippen LogP contribution in [-0.4, -0.2) is 39.5 Å². The lowest BCUT2D eigenvalue weighted by Crippen LogP contribution is -2.61. The number of nitro benzene ring substituents is 1. The van der Waals surface area contributed by atoms with Gasteiger partial charge in [0.15, 0.2) is 0 Å². The number of anilines is 1. The zero-order chi connectivity index (χ0) is 26.7. The number of carbonyl (C=O) groups is 1. The lowest BCUT2D eigenvalue weighted by Gasteiger charge is -2.54. The summed E-state index contributed by atoms with van der Waals surface area (Å²) in [4.78, 5) is 43.3. The number of piperidine rings is 1. The first-order valence-corrected chi connectivity index (χ1v) is 13.5. The third-order valence-electron chi connectivity index (χ3n) is 8.91. The van der Waals surface area contributed by atoms with Crippen LogP contribution in [0.2, 0.25) is 0 Å². The quantitative estimate of drug-likeness (QED) is 0.306. The van der Waals surface area contributed by atoms with Gasteiger partial charge in [0.2, 0.25) is 5.91 Å². The number of hydrogen-bond donors (Lipinski definition) is 2. The van der Waals surface area contributed by atoms with Crippen LogP contribution in [0.3, 0.4) is 0 Å². The molecule has 4 atom stereocenters. The molecule has 0 radical (unpaired) electrons. The minimum atomic E-state index is -0.379. The number of aromatic amines is 1. The predicted molar refractivity (Wildman–Crippen MR) is 148 cm³/mol. The Hall–Kier alpha value is -4.40. The van der Waals surface area contributed by atoms with Gasteiger partial charge in [0.05, 0.1) is 10.8 Å². The average molecular weight is 524 g/mol. The van der Waals surface area contributed by atoms with Gasteiger partial charge in [0.25, 0.3) is 11.2 Å². The Bertz CT molecular complexity index is 1670. The number of nitrogens with zero attached hydrogens (tertiary/aromatic N) is 3. The van der Waals surface area contributed by atoms with Crippen LogP contribution in [0.25, 0.3) is 10.9 Å². The van der Waals surface area contributed by atoms with E-state index in [1.54, 1.807) is 18.2 Å². The fourth-order valence-electron chi connectivity index (χ4n) is 7.24. The van der Waals surface area contributed by atoms with Crippen molar-refractivity contribution in [1.29, 1.82) is 0 Å². The molecular weight excluding hydrogens is 494 g/mol. The zero-order valence-electron chi connectivity index (χ0n) is 21.4. The molecule has 9 nitrogen and oxygen atoms in total. The highest BCUT2D eigenvalue weighted by Gasteiger charge is 2.49. The van der Waals surface area contributed by atoms with E-state index in [2.05, 4.69) is 21.3 Å². The number of para-hydroxylation sites is 1. The molecule has 0 aliphatic carbocycles. The minimum Gasteiger partial charge on any atom is -0.366 e. The SMILES string of the molecule is O=C(NCCc1c[nH]c2ccccc12)[C@@H]1Cc2cc([N+](=O)[O-])ccc2N2C[C@@H]3C[C@@H](Cn4c3cccc4=O)[C@@H]12. The number of nitro groups is 1. The molecule has 2 aromatic carbocycles. The summed E-state index contributed by atoms with van der Waals surface area (Å²) in [6.45, 7) is 1.75. The number of benzene rings is 2.